The average Bonchev–Trinajstić information content (AvgIpc) is 3.00. The van der Waals surface area contributed by atoms with Gasteiger partial charge in [-0.1, -0.05) is 55.5 Å². The van der Waals surface area contributed by atoms with Crippen molar-refractivity contribution in [2.24, 2.45) is 7.05 Å². The van der Waals surface area contributed by atoms with E-state index in [0.29, 0.717) is 31.7 Å². The lowest BCUT2D eigenvalue weighted by Gasteiger charge is -2.31. The van der Waals surface area contributed by atoms with E-state index in [-0.39, 0.29) is 17.9 Å². The number of amides is 2. The van der Waals surface area contributed by atoms with E-state index in [4.69, 9.17) is 0 Å². The number of aryl methyl sites for hydroxylation is 1. The van der Waals surface area contributed by atoms with Gasteiger partial charge in [-0.15, -0.1) is 0 Å². The summed E-state index contributed by atoms with van der Waals surface area (Å²) in [7, 11) is 1.93. The molecule has 2 heterocycles. The third kappa shape index (κ3) is 3.77. The lowest BCUT2D eigenvalue weighted by molar-refractivity contribution is -0.133. The molecule has 0 aliphatic carbocycles. The van der Waals surface area contributed by atoms with Crippen LogP contribution in [0.5, 0.6) is 0 Å². The van der Waals surface area contributed by atoms with Gasteiger partial charge in [0.2, 0.25) is 5.91 Å². The van der Waals surface area contributed by atoms with Crippen molar-refractivity contribution in [2.75, 3.05) is 13.1 Å². The lowest BCUT2D eigenvalue weighted by atomic mass is 10.1. The van der Waals surface area contributed by atoms with Gasteiger partial charge in [0.05, 0.1) is 0 Å². The molecule has 0 saturated carbocycles. The summed E-state index contributed by atoms with van der Waals surface area (Å²) in [5.41, 5.74) is 2.83. The number of fused-ring (bicyclic) bond motifs is 1. The minimum atomic E-state index is -0.00323. The standard InChI is InChI=1S/C24H27N3O2/c1-3-20-17-26(14-13-23(28)27(20)16-18-9-5-4-6-10-18)24(29)22-15-19-11-7-8-12-21(19)25(22)2/h4-12,15,20H,3,13-14,16-17H2,1-2H3/t20-/m0/s1. The van der Waals surface area contributed by atoms with Crippen LogP contribution < -0.4 is 0 Å². The number of benzene rings is 2. The van der Waals surface area contributed by atoms with Gasteiger partial charge in [0.25, 0.3) is 5.91 Å². The SMILES string of the molecule is CC[C@H]1CN(C(=O)c2cc3ccccc3n2C)CCC(=O)N1Cc1ccccc1. The Hall–Kier alpha value is -3.08. The monoisotopic (exact) mass is 389 g/mol. The predicted octanol–water partition coefficient (Wildman–Crippen LogP) is 3.83. The van der Waals surface area contributed by atoms with Gasteiger partial charge in [-0.3, -0.25) is 9.59 Å². The zero-order valence-corrected chi connectivity index (χ0v) is 17.0. The van der Waals surface area contributed by atoms with Crippen LogP contribution in [0.2, 0.25) is 0 Å². The van der Waals surface area contributed by atoms with Gasteiger partial charge in [-0.2, -0.15) is 0 Å². The molecular formula is C24H27N3O2. The fourth-order valence-electron chi connectivity index (χ4n) is 4.21. The highest BCUT2D eigenvalue weighted by Gasteiger charge is 2.32. The molecule has 1 fully saturated rings. The van der Waals surface area contributed by atoms with Crippen molar-refractivity contribution in [3.05, 3.63) is 71.9 Å². The first-order chi connectivity index (χ1) is 14.1. The van der Waals surface area contributed by atoms with E-state index in [1.54, 1.807) is 0 Å². The molecule has 1 saturated heterocycles. The fraction of sp³-hybridized carbons (Fsp3) is 0.333. The van der Waals surface area contributed by atoms with Crippen molar-refractivity contribution < 1.29 is 9.59 Å². The van der Waals surface area contributed by atoms with Gasteiger partial charge < -0.3 is 14.4 Å². The van der Waals surface area contributed by atoms with Crippen LogP contribution in [0, 0.1) is 0 Å². The van der Waals surface area contributed by atoms with Gasteiger partial charge in [0, 0.05) is 50.0 Å². The molecule has 3 aromatic rings. The van der Waals surface area contributed by atoms with Gasteiger partial charge in [-0.25, -0.2) is 0 Å². The number of aromatic nitrogens is 1. The molecule has 5 heteroatoms. The number of para-hydroxylation sites is 1. The highest BCUT2D eigenvalue weighted by Crippen LogP contribution is 2.23. The van der Waals surface area contributed by atoms with E-state index in [0.717, 1.165) is 22.9 Å². The predicted molar refractivity (Wildman–Crippen MR) is 115 cm³/mol. The Bertz CT molecular complexity index is 1030. The van der Waals surface area contributed by atoms with Crippen molar-refractivity contribution in [3.8, 4) is 0 Å². The molecule has 150 valence electrons. The number of hydrogen-bond acceptors (Lipinski definition) is 2. The summed E-state index contributed by atoms with van der Waals surface area (Å²) >= 11 is 0. The molecule has 1 aliphatic rings. The van der Waals surface area contributed by atoms with Crippen LogP contribution in [-0.2, 0) is 18.4 Å². The summed E-state index contributed by atoms with van der Waals surface area (Å²) in [6.07, 6.45) is 1.18. The van der Waals surface area contributed by atoms with E-state index < -0.39 is 0 Å². The van der Waals surface area contributed by atoms with Crippen molar-refractivity contribution in [1.82, 2.24) is 14.4 Å². The van der Waals surface area contributed by atoms with Gasteiger partial charge in [0.1, 0.15) is 5.69 Å². The van der Waals surface area contributed by atoms with Crippen molar-refractivity contribution >= 4 is 22.7 Å². The van der Waals surface area contributed by atoms with Gasteiger partial charge >= 0.3 is 0 Å². The quantitative estimate of drug-likeness (QED) is 0.681. The number of carbonyl (C=O) groups is 2. The molecule has 4 rings (SSSR count). The van der Waals surface area contributed by atoms with Crippen LogP contribution in [0.15, 0.2) is 60.7 Å². The third-order valence-corrected chi connectivity index (χ3v) is 5.91. The molecule has 1 aromatic heterocycles. The van der Waals surface area contributed by atoms with E-state index in [1.807, 2.05) is 82.1 Å². The summed E-state index contributed by atoms with van der Waals surface area (Å²) in [4.78, 5) is 30.0. The third-order valence-electron chi connectivity index (χ3n) is 5.91. The number of carbonyl (C=O) groups excluding carboxylic acids is 2. The Morgan fingerprint density at radius 2 is 1.79 bits per heavy atom. The zero-order valence-electron chi connectivity index (χ0n) is 17.0. The molecule has 1 aliphatic heterocycles. The smallest absolute Gasteiger partial charge is 0.270 e. The molecule has 0 spiro atoms. The van der Waals surface area contributed by atoms with Crippen molar-refractivity contribution in [2.45, 2.75) is 32.4 Å². The highest BCUT2D eigenvalue weighted by molar-refractivity contribution is 5.99. The molecule has 0 unspecified atom stereocenters. The van der Waals surface area contributed by atoms with Crippen molar-refractivity contribution in [1.29, 1.82) is 0 Å². The first-order valence-corrected chi connectivity index (χ1v) is 10.3. The van der Waals surface area contributed by atoms with Crippen LogP contribution in [0.3, 0.4) is 0 Å². The Morgan fingerprint density at radius 1 is 1.07 bits per heavy atom. The van der Waals surface area contributed by atoms with Crippen LogP contribution in [0.4, 0.5) is 0 Å². The molecule has 5 nitrogen and oxygen atoms in total. The minimum Gasteiger partial charge on any atom is -0.340 e. The summed E-state index contributed by atoms with van der Waals surface area (Å²) < 4.78 is 1.95. The largest absolute Gasteiger partial charge is 0.340 e. The summed E-state index contributed by atoms with van der Waals surface area (Å²) in [5, 5.41) is 1.06. The first kappa shape index (κ1) is 19.2. The number of rotatable bonds is 4. The average molecular weight is 389 g/mol. The number of nitrogens with zero attached hydrogens (tertiary/aromatic N) is 3. The Balaban J connectivity index is 1.58. The summed E-state index contributed by atoms with van der Waals surface area (Å²) in [6, 6.07) is 20.0. The fourth-order valence-corrected chi connectivity index (χ4v) is 4.21. The molecule has 0 bridgehead atoms. The first-order valence-electron chi connectivity index (χ1n) is 10.3. The lowest BCUT2D eigenvalue weighted by Crippen LogP contribution is -2.44. The maximum absolute atomic E-state index is 13.4. The molecule has 0 radical (unpaired) electrons. The summed E-state index contributed by atoms with van der Waals surface area (Å²) in [5.74, 6) is 0.115. The molecular weight excluding hydrogens is 362 g/mol. The van der Waals surface area contributed by atoms with Crippen LogP contribution >= 0.6 is 0 Å². The van der Waals surface area contributed by atoms with E-state index in [2.05, 4.69) is 6.92 Å². The summed E-state index contributed by atoms with van der Waals surface area (Å²) in [6.45, 7) is 3.70. The van der Waals surface area contributed by atoms with Crippen molar-refractivity contribution in [3.63, 3.8) is 0 Å². The van der Waals surface area contributed by atoms with E-state index >= 15 is 0 Å². The molecule has 1 atom stereocenters. The Kier molecular flexibility index (Phi) is 5.38. The molecule has 29 heavy (non-hydrogen) atoms. The van der Waals surface area contributed by atoms with Crippen LogP contribution in [0.1, 0.15) is 35.8 Å². The second-order valence-electron chi connectivity index (χ2n) is 7.72. The topological polar surface area (TPSA) is 45.6 Å². The second-order valence-corrected chi connectivity index (χ2v) is 7.72. The number of hydrogen-bond donors (Lipinski definition) is 0. The molecule has 2 aromatic carbocycles. The minimum absolute atomic E-state index is 0.00323. The highest BCUT2D eigenvalue weighted by atomic mass is 16.2. The molecule has 2 amide bonds. The van der Waals surface area contributed by atoms with Crippen LogP contribution in [-0.4, -0.2) is 45.3 Å². The maximum Gasteiger partial charge on any atom is 0.270 e. The molecule has 0 N–H and O–H groups in total. The maximum atomic E-state index is 13.4. The second kappa shape index (κ2) is 8.11. The zero-order chi connectivity index (χ0) is 20.4. The van der Waals surface area contributed by atoms with E-state index in [9.17, 15) is 9.59 Å². The van der Waals surface area contributed by atoms with Crippen LogP contribution in [0.25, 0.3) is 10.9 Å². The van der Waals surface area contributed by atoms with Gasteiger partial charge in [0.15, 0.2) is 0 Å². The Morgan fingerprint density at radius 3 is 2.52 bits per heavy atom. The Labute approximate surface area is 171 Å². The normalized spacial score (nSPS) is 17.6. The van der Waals surface area contributed by atoms with Gasteiger partial charge in [-0.05, 0) is 24.1 Å². The van der Waals surface area contributed by atoms with E-state index in [1.165, 1.54) is 0 Å².